The first kappa shape index (κ1) is 17.3. The van der Waals surface area contributed by atoms with Crippen molar-refractivity contribution in [2.45, 2.75) is 19.2 Å². The molecule has 1 aromatic carbocycles. The first-order valence-electron chi connectivity index (χ1n) is 5.56. The Morgan fingerprint density at radius 2 is 2.05 bits per heavy atom. The molecule has 0 heterocycles. The van der Waals surface area contributed by atoms with Crippen molar-refractivity contribution in [3.8, 4) is 5.75 Å². The number of ether oxygens (including phenoxy) is 2. The molecule has 0 amide bonds. The number of halogens is 2. The van der Waals surface area contributed by atoms with Crippen molar-refractivity contribution in [3.63, 3.8) is 0 Å². The molecule has 0 saturated carbocycles. The van der Waals surface area contributed by atoms with Crippen LogP contribution in [0.5, 0.6) is 5.75 Å². The minimum atomic E-state index is -4.48. The fraction of sp³-hybridized carbons (Fsp3) is 0.364. The third-order valence-corrected chi connectivity index (χ3v) is 3.98. The molecule has 0 saturated heterocycles. The van der Waals surface area contributed by atoms with E-state index in [0.717, 1.165) is 0 Å². The minimum absolute atomic E-state index is 0.00226. The summed E-state index contributed by atoms with van der Waals surface area (Å²) in [6, 6.07) is 4.44. The molecular formula is C11H13Cl2O6P. The number of benzene rings is 1. The summed E-state index contributed by atoms with van der Waals surface area (Å²) < 4.78 is 20.8. The fourth-order valence-electron chi connectivity index (χ4n) is 1.30. The molecule has 0 fully saturated rings. The van der Waals surface area contributed by atoms with Crippen LogP contribution in [0.3, 0.4) is 0 Å². The molecule has 6 nitrogen and oxygen atoms in total. The van der Waals surface area contributed by atoms with Crippen LogP contribution in [0.25, 0.3) is 0 Å². The van der Waals surface area contributed by atoms with Crippen LogP contribution in [0.1, 0.15) is 13.3 Å². The zero-order chi connectivity index (χ0) is 15.3. The highest BCUT2D eigenvalue weighted by molar-refractivity contribution is 7.52. The Labute approximate surface area is 125 Å². The number of esters is 1. The van der Waals surface area contributed by atoms with E-state index < -0.39 is 26.0 Å². The van der Waals surface area contributed by atoms with Gasteiger partial charge in [0.25, 0.3) is 0 Å². The van der Waals surface area contributed by atoms with E-state index in [1.54, 1.807) is 0 Å². The van der Waals surface area contributed by atoms with Crippen LogP contribution in [0.4, 0.5) is 0 Å². The predicted molar refractivity (Wildman–Crippen MR) is 74.2 cm³/mol. The molecule has 2 N–H and O–H groups in total. The first-order valence-corrected chi connectivity index (χ1v) is 8.00. The molecule has 0 spiro atoms. The summed E-state index contributed by atoms with van der Waals surface area (Å²) in [4.78, 5) is 29.3. The van der Waals surface area contributed by atoms with Crippen LogP contribution in [0.2, 0.25) is 10.0 Å². The molecule has 1 unspecified atom stereocenters. The minimum Gasteiger partial charge on any atom is -0.480 e. The number of carbonyl (C=O) groups excluding carboxylic acids is 1. The van der Waals surface area contributed by atoms with Crippen LogP contribution in [-0.2, 0) is 14.1 Å². The lowest BCUT2D eigenvalue weighted by Crippen LogP contribution is -2.22. The van der Waals surface area contributed by atoms with Gasteiger partial charge < -0.3 is 19.3 Å². The van der Waals surface area contributed by atoms with Gasteiger partial charge >= 0.3 is 13.6 Å². The number of rotatable bonds is 6. The Morgan fingerprint density at radius 1 is 1.40 bits per heavy atom. The fourth-order valence-corrected chi connectivity index (χ4v) is 2.50. The largest absolute Gasteiger partial charge is 0.480 e. The second-order valence-corrected chi connectivity index (χ2v) is 6.40. The molecule has 112 valence electrons. The van der Waals surface area contributed by atoms with Gasteiger partial charge in [0, 0.05) is 5.02 Å². The maximum Gasteiger partial charge on any atom is 0.365 e. The molecule has 0 aliphatic carbocycles. The Bertz CT molecular complexity index is 530. The normalized spacial score (nSPS) is 12.8. The smallest absolute Gasteiger partial charge is 0.365 e. The summed E-state index contributed by atoms with van der Waals surface area (Å²) in [5.41, 5.74) is 0. The standard InChI is InChI=1S/C11H13Cl2O6P/c1-2-11(20(15,16)17)19-10(14)6-18-9-4-3-7(12)5-8(9)13/h3-5,11H,2,6H2,1H3,(H2,15,16,17). The summed E-state index contributed by atoms with van der Waals surface area (Å²) in [6.07, 6.45) is -0.00226. The third kappa shape index (κ3) is 5.31. The molecule has 0 aliphatic rings. The van der Waals surface area contributed by atoms with E-state index in [1.807, 2.05) is 0 Å². The maximum atomic E-state index is 11.5. The molecule has 20 heavy (non-hydrogen) atoms. The average molecular weight is 343 g/mol. The van der Waals surface area contributed by atoms with E-state index in [-0.39, 0.29) is 17.2 Å². The third-order valence-electron chi connectivity index (χ3n) is 2.23. The van der Waals surface area contributed by atoms with E-state index in [1.165, 1.54) is 25.1 Å². The van der Waals surface area contributed by atoms with E-state index in [0.29, 0.717) is 5.02 Å². The molecule has 0 aliphatic heterocycles. The number of hydrogen-bond acceptors (Lipinski definition) is 4. The van der Waals surface area contributed by atoms with Gasteiger partial charge in [-0.1, -0.05) is 30.1 Å². The zero-order valence-corrected chi connectivity index (χ0v) is 12.9. The van der Waals surface area contributed by atoms with Crippen LogP contribution >= 0.6 is 30.8 Å². The Hall–Kier alpha value is -0.780. The second-order valence-electron chi connectivity index (χ2n) is 3.81. The van der Waals surface area contributed by atoms with Crippen molar-refractivity contribution >= 4 is 36.8 Å². The van der Waals surface area contributed by atoms with Crippen molar-refractivity contribution in [2.75, 3.05) is 6.61 Å². The van der Waals surface area contributed by atoms with Gasteiger partial charge in [0.05, 0.1) is 5.02 Å². The van der Waals surface area contributed by atoms with Gasteiger partial charge in [-0.05, 0) is 24.6 Å². The topological polar surface area (TPSA) is 93.1 Å². The van der Waals surface area contributed by atoms with Crippen molar-refractivity contribution < 1.29 is 28.6 Å². The highest BCUT2D eigenvalue weighted by Crippen LogP contribution is 2.43. The molecular weight excluding hydrogens is 330 g/mol. The first-order chi connectivity index (χ1) is 9.24. The summed E-state index contributed by atoms with van der Waals surface area (Å²) in [5, 5.41) is 0.629. The summed E-state index contributed by atoms with van der Waals surface area (Å²) >= 11 is 11.5. The highest BCUT2D eigenvalue weighted by atomic mass is 35.5. The predicted octanol–water partition coefficient (Wildman–Crippen LogP) is 2.83. The highest BCUT2D eigenvalue weighted by Gasteiger charge is 2.30. The van der Waals surface area contributed by atoms with Gasteiger partial charge in [-0.15, -0.1) is 0 Å². The van der Waals surface area contributed by atoms with Gasteiger partial charge in [-0.3, -0.25) is 4.57 Å². The van der Waals surface area contributed by atoms with Crippen LogP contribution in [0, 0.1) is 0 Å². The molecule has 1 rings (SSSR count). The average Bonchev–Trinajstić information content (AvgIpc) is 2.33. The van der Waals surface area contributed by atoms with Gasteiger partial charge in [-0.25, -0.2) is 4.79 Å². The van der Waals surface area contributed by atoms with Gasteiger partial charge in [-0.2, -0.15) is 0 Å². The van der Waals surface area contributed by atoms with Crippen LogP contribution in [-0.4, -0.2) is 28.2 Å². The summed E-state index contributed by atoms with van der Waals surface area (Å²) in [5.74, 6) is -2.15. The van der Waals surface area contributed by atoms with Crippen molar-refractivity contribution in [3.05, 3.63) is 28.2 Å². The maximum absolute atomic E-state index is 11.5. The van der Waals surface area contributed by atoms with E-state index in [4.69, 9.17) is 37.7 Å². The van der Waals surface area contributed by atoms with Crippen LogP contribution < -0.4 is 4.74 Å². The molecule has 0 bridgehead atoms. The Kier molecular flexibility index (Phi) is 6.30. The lowest BCUT2D eigenvalue weighted by atomic mass is 10.3. The van der Waals surface area contributed by atoms with Crippen molar-refractivity contribution in [1.82, 2.24) is 0 Å². The molecule has 0 aromatic heterocycles. The Balaban J connectivity index is 2.57. The van der Waals surface area contributed by atoms with Gasteiger partial charge in [0.2, 0.25) is 5.85 Å². The molecule has 1 atom stereocenters. The molecule has 0 radical (unpaired) electrons. The lowest BCUT2D eigenvalue weighted by Gasteiger charge is -2.17. The van der Waals surface area contributed by atoms with Crippen molar-refractivity contribution in [2.24, 2.45) is 0 Å². The number of hydrogen-bond donors (Lipinski definition) is 2. The summed E-state index contributed by atoms with van der Waals surface area (Å²) in [6.45, 7) is 0.978. The summed E-state index contributed by atoms with van der Waals surface area (Å²) in [7, 11) is -4.48. The zero-order valence-electron chi connectivity index (χ0n) is 10.5. The quantitative estimate of drug-likeness (QED) is 0.609. The van der Waals surface area contributed by atoms with Crippen molar-refractivity contribution in [1.29, 1.82) is 0 Å². The number of carbonyl (C=O) groups is 1. The van der Waals surface area contributed by atoms with Gasteiger partial charge in [0.15, 0.2) is 6.61 Å². The van der Waals surface area contributed by atoms with E-state index in [9.17, 15) is 9.36 Å². The second kappa shape index (κ2) is 7.29. The monoisotopic (exact) mass is 342 g/mol. The SMILES string of the molecule is CCC(OC(=O)COc1ccc(Cl)cc1Cl)P(=O)(O)O. The molecule has 1 aromatic rings. The van der Waals surface area contributed by atoms with E-state index >= 15 is 0 Å². The van der Waals surface area contributed by atoms with E-state index in [2.05, 4.69) is 4.74 Å². The van der Waals surface area contributed by atoms with Crippen LogP contribution in [0.15, 0.2) is 18.2 Å². The Morgan fingerprint density at radius 3 is 2.55 bits per heavy atom. The molecule has 9 heteroatoms. The lowest BCUT2D eigenvalue weighted by molar-refractivity contribution is -0.148. The van der Waals surface area contributed by atoms with Gasteiger partial charge in [0.1, 0.15) is 5.75 Å².